The zero-order chi connectivity index (χ0) is 17.9. The zero-order valence-corrected chi connectivity index (χ0v) is 16.1. The summed E-state index contributed by atoms with van der Waals surface area (Å²) in [6, 6.07) is 5.83. The highest BCUT2D eigenvalue weighted by Crippen LogP contribution is 2.31. The van der Waals surface area contributed by atoms with Crippen LogP contribution in [0, 0.1) is 24.2 Å². The van der Waals surface area contributed by atoms with Crippen molar-refractivity contribution in [2.24, 2.45) is 0 Å². The third-order valence-electron chi connectivity index (χ3n) is 3.33. The molecule has 0 fully saturated rings. The lowest BCUT2D eigenvalue weighted by molar-refractivity contribution is -0.116. The number of anilines is 1. The number of amides is 1. The predicted octanol–water partition coefficient (Wildman–Crippen LogP) is 5.32. The van der Waals surface area contributed by atoms with Gasteiger partial charge < -0.3 is 5.32 Å². The number of thiazole rings is 1. The molecule has 0 bridgehead atoms. The van der Waals surface area contributed by atoms with Crippen LogP contribution in [0.4, 0.5) is 5.69 Å². The number of aromatic nitrogens is 1. The van der Waals surface area contributed by atoms with Crippen LogP contribution in [0.15, 0.2) is 22.5 Å². The van der Waals surface area contributed by atoms with E-state index in [2.05, 4.69) is 35.0 Å². The number of thioether (sulfide) groups is 1. The molecule has 0 spiro atoms. The maximum Gasteiger partial charge on any atom is 0.224 e. The highest BCUT2D eigenvalue weighted by atomic mass is 32.2. The highest BCUT2D eigenvalue weighted by Gasteiger charge is 2.07. The van der Waals surface area contributed by atoms with E-state index in [0.29, 0.717) is 19.3 Å². The molecular formula is C20H22N2OS2. The molecule has 0 aliphatic rings. The van der Waals surface area contributed by atoms with E-state index in [-0.39, 0.29) is 5.91 Å². The van der Waals surface area contributed by atoms with Crippen molar-refractivity contribution in [3.8, 4) is 24.2 Å². The van der Waals surface area contributed by atoms with E-state index < -0.39 is 0 Å². The number of terminal acetylenes is 1. The fourth-order valence-corrected chi connectivity index (χ4v) is 4.14. The number of hydrogen-bond donors (Lipinski definition) is 1. The summed E-state index contributed by atoms with van der Waals surface area (Å²) in [5, 5.41) is 2.92. The minimum atomic E-state index is -0.000586. The number of nitrogens with zero attached hydrogens (tertiary/aromatic N) is 1. The first-order valence-electron chi connectivity index (χ1n) is 8.45. The van der Waals surface area contributed by atoms with Gasteiger partial charge in [0, 0.05) is 37.1 Å². The minimum Gasteiger partial charge on any atom is -0.326 e. The second kappa shape index (κ2) is 10.8. The number of nitrogens with one attached hydrogen (secondary N) is 1. The summed E-state index contributed by atoms with van der Waals surface area (Å²) < 4.78 is 2.13. The van der Waals surface area contributed by atoms with Crippen LogP contribution in [0.2, 0.25) is 0 Å². The molecule has 0 atom stereocenters. The van der Waals surface area contributed by atoms with Gasteiger partial charge in [0.25, 0.3) is 0 Å². The van der Waals surface area contributed by atoms with Crippen molar-refractivity contribution in [1.29, 1.82) is 0 Å². The van der Waals surface area contributed by atoms with Crippen LogP contribution >= 0.6 is 23.1 Å². The fourth-order valence-electron chi connectivity index (χ4n) is 2.11. The standard InChI is InChI=1S/C20H22N2OS2/c1-3-5-7-8-10-14-24-20-22-17-13-12-16(15-18(17)25-20)21-19(23)11-9-6-4-2/h2,12-13,15H,3,5-6,9-11,14H2,1H3,(H,21,23). The van der Waals surface area contributed by atoms with Crippen molar-refractivity contribution in [2.45, 2.75) is 49.8 Å². The topological polar surface area (TPSA) is 42.0 Å². The molecule has 25 heavy (non-hydrogen) atoms. The molecule has 0 unspecified atom stereocenters. The van der Waals surface area contributed by atoms with E-state index in [1.54, 1.807) is 23.1 Å². The minimum absolute atomic E-state index is 0.000586. The van der Waals surface area contributed by atoms with Crippen LogP contribution in [0.3, 0.4) is 0 Å². The molecular weight excluding hydrogens is 348 g/mol. The number of carbonyl (C=O) groups is 1. The Bertz CT molecular complexity index is 808. The second-order valence-corrected chi connectivity index (χ2v) is 7.84. The van der Waals surface area contributed by atoms with Crippen LogP contribution in [0.5, 0.6) is 0 Å². The molecule has 0 saturated heterocycles. The molecule has 1 aromatic carbocycles. The smallest absolute Gasteiger partial charge is 0.224 e. The third kappa shape index (κ3) is 6.82. The average Bonchev–Trinajstić information content (AvgIpc) is 3.00. The van der Waals surface area contributed by atoms with E-state index in [9.17, 15) is 4.79 Å². The van der Waals surface area contributed by atoms with Crippen LogP contribution in [0.25, 0.3) is 10.2 Å². The molecule has 0 aliphatic heterocycles. The zero-order valence-electron chi connectivity index (χ0n) is 14.4. The first-order valence-corrected chi connectivity index (χ1v) is 10.3. The first-order chi connectivity index (χ1) is 12.2. The maximum absolute atomic E-state index is 11.9. The average molecular weight is 371 g/mol. The number of benzene rings is 1. The first kappa shape index (κ1) is 19.4. The molecule has 0 aliphatic carbocycles. The van der Waals surface area contributed by atoms with Gasteiger partial charge in [0.1, 0.15) is 0 Å². The summed E-state index contributed by atoms with van der Waals surface area (Å²) in [5.41, 5.74) is 1.78. The third-order valence-corrected chi connectivity index (χ3v) is 5.49. The lowest BCUT2D eigenvalue weighted by Crippen LogP contribution is -2.10. The predicted molar refractivity (Wildman–Crippen MR) is 109 cm³/mol. The van der Waals surface area contributed by atoms with E-state index in [1.807, 2.05) is 18.2 Å². The Labute approximate surface area is 158 Å². The molecule has 0 radical (unpaired) electrons. The van der Waals surface area contributed by atoms with E-state index in [0.717, 1.165) is 45.3 Å². The Morgan fingerprint density at radius 1 is 1.32 bits per heavy atom. The summed E-state index contributed by atoms with van der Waals surface area (Å²) >= 11 is 3.39. The summed E-state index contributed by atoms with van der Waals surface area (Å²) in [4.78, 5) is 16.5. The van der Waals surface area contributed by atoms with Gasteiger partial charge in [-0.15, -0.1) is 35.5 Å². The summed E-state index contributed by atoms with van der Waals surface area (Å²) in [6.07, 6.45) is 9.97. The molecule has 1 heterocycles. The van der Waals surface area contributed by atoms with Gasteiger partial charge >= 0.3 is 0 Å². The number of unbranched alkanes of at least 4 members (excludes halogenated alkanes) is 2. The van der Waals surface area contributed by atoms with Crippen molar-refractivity contribution in [1.82, 2.24) is 4.98 Å². The molecule has 2 rings (SSSR count). The SMILES string of the molecule is C#CCCCC(=O)Nc1ccc2nc(SCCC#CCCC)sc2c1. The molecule has 3 nitrogen and oxygen atoms in total. The lowest BCUT2D eigenvalue weighted by Gasteiger charge is -2.04. The van der Waals surface area contributed by atoms with Gasteiger partial charge in [0.2, 0.25) is 5.91 Å². The van der Waals surface area contributed by atoms with Gasteiger partial charge in [0.05, 0.1) is 10.2 Å². The van der Waals surface area contributed by atoms with Gasteiger partial charge in [-0.2, -0.15) is 0 Å². The van der Waals surface area contributed by atoms with Crippen molar-refractivity contribution in [2.75, 3.05) is 11.1 Å². The molecule has 1 N–H and O–H groups in total. The molecule has 1 aromatic heterocycles. The second-order valence-electron chi connectivity index (χ2n) is 5.47. The van der Waals surface area contributed by atoms with Crippen LogP contribution in [-0.2, 0) is 4.79 Å². The van der Waals surface area contributed by atoms with Crippen molar-refractivity contribution in [3.63, 3.8) is 0 Å². The van der Waals surface area contributed by atoms with Crippen LogP contribution in [0.1, 0.15) is 45.4 Å². The van der Waals surface area contributed by atoms with Gasteiger partial charge in [-0.3, -0.25) is 4.79 Å². The normalized spacial score (nSPS) is 10.1. The Morgan fingerprint density at radius 2 is 2.16 bits per heavy atom. The van der Waals surface area contributed by atoms with Gasteiger partial charge in [0.15, 0.2) is 4.34 Å². The van der Waals surface area contributed by atoms with Crippen molar-refractivity contribution >= 4 is 44.9 Å². The Morgan fingerprint density at radius 3 is 2.96 bits per heavy atom. The largest absolute Gasteiger partial charge is 0.326 e. The Kier molecular flexibility index (Phi) is 8.39. The molecule has 130 valence electrons. The van der Waals surface area contributed by atoms with E-state index >= 15 is 0 Å². The van der Waals surface area contributed by atoms with E-state index in [4.69, 9.17) is 6.42 Å². The number of carbonyl (C=O) groups excluding carboxylic acids is 1. The molecule has 5 heteroatoms. The lowest BCUT2D eigenvalue weighted by atomic mass is 10.2. The van der Waals surface area contributed by atoms with Crippen LogP contribution < -0.4 is 5.32 Å². The van der Waals surface area contributed by atoms with E-state index in [1.165, 1.54) is 0 Å². The molecule has 1 amide bonds. The Balaban J connectivity index is 1.89. The van der Waals surface area contributed by atoms with Gasteiger partial charge in [-0.1, -0.05) is 18.7 Å². The number of hydrogen-bond acceptors (Lipinski definition) is 4. The number of rotatable bonds is 8. The quantitative estimate of drug-likeness (QED) is 0.388. The van der Waals surface area contributed by atoms with Crippen molar-refractivity contribution < 1.29 is 4.79 Å². The Hall–Kier alpha value is -1.95. The highest BCUT2D eigenvalue weighted by molar-refractivity contribution is 8.01. The maximum atomic E-state index is 11.9. The summed E-state index contributed by atoms with van der Waals surface area (Å²) in [6.45, 7) is 2.14. The van der Waals surface area contributed by atoms with Gasteiger partial charge in [-0.25, -0.2) is 4.98 Å². The summed E-state index contributed by atoms with van der Waals surface area (Å²) in [5.74, 6) is 9.85. The molecule has 0 saturated carbocycles. The number of fused-ring (bicyclic) bond motifs is 1. The van der Waals surface area contributed by atoms with Crippen LogP contribution in [-0.4, -0.2) is 16.6 Å². The van der Waals surface area contributed by atoms with Gasteiger partial charge in [-0.05, 0) is 31.0 Å². The summed E-state index contributed by atoms with van der Waals surface area (Å²) in [7, 11) is 0. The monoisotopic (exact) mass is 370 g/mol. The fraction of sp³-hybridized carbons (Fsp3) is 0.400. The van der Waals surface area contributed by atoms with Crippen molar-refractivity contribution in [3.05, 3.63) is 18.2 Å². The molecule has 2 aromatic rings.